The smallest absolute Gasteiger partial charge is 0.262 e. The van der Waals surface area contributed by atoms with Gasteiger partial charge in [-0.3, -0.25) is 4.79 Å². The van der Waals surface area contributed by atoms with Crippen LogP contribution in [0.2, 0.25) is 0 Å². The zero-order chi connectivity index (χ0) is 12.5. The standard InChI is InChI=1S/C13H17N3O2/c1-16-5-4-14-11(7-16)9-2-3-10-12(6-9)18-8-13(17)15-10/h2-3,6,11,14H,4-5,7-8H2,1H3,(H,15,17). The second-order valence-electron chi connectivity index (χ2n) is 4.86. The van der Waals surface area contributed by atoms with Crippen LogP contribution in [0, 0.1) is 0 Å². The maximum atomic E-state index is 11.2. The van der Waals surface area contributed by atoms with Crippen LogP contribution in [0.3, 0.4) is 0 Å². The lowest BCUT2D eigenvalue weighted by Gasteiger charge is -2.31. The van der Waals surface area contributed by atoms with Gasteiger partial charge in [-0.05, 0) is 24.7 Å². The summed E-state index contributed by atoms with van der Waals surface area (Å²) >= 11 is 0. The largest absolute Gasteiger partial charge is 0.482 e. The Balaban J connectivity index is 1.83. The van der Waals surface area contributed by atoms with E-state index in [1.54, 1.807) is 0 Å². The van der Waals surface area contributed by atoms with Gasteiger partial charge in [0, 0.05) is 25.7 Å². The van der Waals surface area contributed by atoms with Crippen LogP contribution in [0.15, 0.2) is 18.2 Å². The first kappa shape index (κ1) is 11.5. The molecule has 5 nitrogen and oxygen atoms in total. The van der Waals surface area contributed by atoms with Gasteiger partial charge in [0.1, 0.15) is 5.75 Å². The van der Waals surface area contributed by atoms with E-state index in [0.29, 0.717) is 6.04 Å². The Hall–Kier alpha value is -1.59. The highest BCUT2D eigenvalue weighted by Crippen LogP contribution is 2.31. The van der Waals surface area contributed by atoms with Crippen molar-refractivity contribution in [3.63, 3.8) is 0 Å². The summed E-state index contributed by atoms with van der Waals surface area (Å²) in [7, 11) is 2.13. The van der Waals surface area contributed by atoms with Gasteiger partial charge in [-0.2, -0.15) is 0 Å². The van der Waals surface area contributed by atoms with E-state index in [1.807, 2.05) is 18.2 Å². The number of nitrogens with one attached hydrogen (secondary N) is 2. The third-order valence-corrected chi connectivity index (χ3v) is 3.42. The maximum absolute atomic E-state index is 11.2. The van der Waals surface area contributed by atoms with Gasteiger partial charge >= 0.3 is 0 Å². The topological polar surface area (TPSA) is 53.6 Å². The maximum Gasteiger partial charge on any atom is 0.262 e. The van der Waals surface area contributed by atoms with Crippen molar-refractivity contribution in [2.45, 2.75) is 6.04 Å². The second kappa shape index (κ2) is 4.59. The van der Waals surface area contributed by atoms with Crippen LogP contribution in [-0.2, 0) is 4.79 Å². The number of nitrogens with zero attached hydrogens (tertiary/aromatic N) is 1. The molecule has 2 aliphatic heterocycles. The molecular formula is C13H17N3O2. The highest BCUT2D eigenvalue weighted by Gasteiger charge is 2.21. The first-order valence-corrected chi connectivity index (χ1v) is 6.21. The fraction of sp³-hybridized carbons (Fsp3) is 0.462. The highest BCUT2D eigenvalue weighted by atomic mass is 16.5. The van der Waals surface area contributed by atoms with Crippen molar-refractivity contribution in [1.82, 2.24) is 10.2 Å². The molecule has 1 aromatic carbocycles. The highest BCUT2D eigenvalue weighted by molar-refractivity contribution is 5.95. The molecule has 1 fully saturated rings. The molecule has 5 heteroatoms. The van der Waals surface area contributed by atoms with Crippen molar-refractivity contribution in [2.24, 2.45) is 0 Å². The summed E-state index contributed by atoms with van der Waals surface area (Å²) in [4.78, 5) is 13.5. The molecule has 96 valence electrons. The van der Waals surface area contributed by atoms with Crippen LogP contribution in [0.5, 0.6) is 5.75 Å². The van der Waals surface area contributed by atoms with Gasteiger partial charge in [0.05, 0.1) is 5.69 Å². The molecule has 0 radical (unpaired) electrons. The Morgan fingerprint density at radius 2 is 2.33 bits per heavy atom. The van der Waals surface area contributed by atoms with Crippen LogP contribution in [0.4, 0.5) is 5.69 Å². The normalized spacial score (nSPS) is 24.1. The zero-order valence-corrected chi connectivity index (χ0v) is 10.4. The third-order valence-electron chi connectivity index (χ3n) is 3.42. The van der Waals surface area contributed by atoms with Crippen molar-refractivity contribution in [3.8, 4) is 5.75 Å². The second-order valence-corrected chi connectivity index (χ2v) is 4.86. The van der Waals surface area contributed by atoms with Crippen molar-refractivity contribution >= 4 is 11.6 Å². The minimum absolute atomic E-state index is 0.0919. The number of carbonyl (C=O) groups is 1. The fourth-order valence-electron chi connectivity index (χ4n) is 2.43. The number of rotatable bonds is 1. The van der Waals surface area contributed by atoms with Gasteiger partial charge < -0.3 is 20.3 Å². The Kier molecular flexibility index (Phi) is 2.93. The summed E-state index contributed by atoms with van der Waals surface area (Å²) in [6.07, 6.45) is 0. The van der Waals surface area contributed by atoms with Gasteiger partial charge in [0.2, 0.25) is 0 Å². The predicted molar refractivity (Wildman–Crippen MR) is 68.8 cm³/mol. The number of benzene rings is 1. The fourth-order valence-corrected chi connectivity index (χ4v) is 2.43. The predicted octanol–water partition coefficient (Wildman–Crippen LogP) is 0.594. The number of piperazine rings is 1. The Morgan fingerprint density at radius 1 is 1.44 bits per heavy atom. The van der Waals surface area contributed by atoms with Gasteiger partial charge in [0.15, 0.2) is 6.61 Å². The van der Waals surface area contributed by atoms with Crippen LogP contribution < -0.4 is 15.4 Å². The number of hydrogen-bond acceptors (Lipinski definition) is 4. The summed E-state index contributed by atoms with van der Waals surface area (Å²) in [5, 5.41) is 6.30. The van der Waals surface area contributed by atoms with E-state index in [4.69, 9.17) is 4.74 Å². The lowest BCUT2D eigenvalue weighted by atomic mass is 10.0. The summed E-state index contributed by atoms with van der Waals surface area (Å²) in [5.41, 5.74) is 1.97. The molecular weight excluding hydrogens is 230 g/mol. The van der Waals surface area contributed by atoms with E-state index < -0.39 is 0 Å². The molecule has 0 spiro atoms. The van der Waals surface area contributed by atoms with Crippen molar-refractivity contribution in [2.75, 3.05) is 38.6 Å². The molecule has 0 aliphatic carbocycles. The first-order valence-electron chi connectivity index (χ1n) is 6.21. The number of carbonyl (C=O) groups excluding carboxylic acids is 1. The molecule has 2 N–H and O–H groups in total. The van der Waals surface area contributed by atoms with E-state index in [-0.39, 0.29) is 12.5 Å². The van der Waals surface area contributed by atoms with Gasteiger partial charge in [-0.25, -0.2) is 0 Å². The molecule has 1 aromatic rings. The molecule has 0 saturated carbocycles. The van der Waals surface area contributed by atoms with Crippen LogP contribution in [0.25, 0.3) is 0 Å². The Bertz CT molecular complexity index is 475. The average molecular weight is 247 g/mol. The molecule has 2 heterocycles. The summed E-state index contributed by atoms with van der Waals surface area (Å²) in [5.74, 6) is 0.674. The quantitative estimate of drug-likeness (QED) is 0.763. The molecule has 1 saturated heterocycles. The van der Waals surface area contributed by atoms with E-state index in [9.17, 15) is 4.79 Å². The number of likely N-dealkylation sites (N-methyl/N-ethyl adjacent to an activating group) is 1. The molecule has 3 rings (SSSR count). The minimum atomic E-state index is -0.0919. The van der Waals surface area contributed by atoms with E-state index in [1.165, 1.54) is 5.56 Å². The summed E-state index contributed by atoms with van der Waals surface area (Å²) in [6, 6.07) is 6.31. The van der Waals surface area contributed by atoms with E-state index in [2.05, 4.69) is 22.6 Å². The van der Waals surface area contributed by atoms with E-state index >= 15 is 0 Å². The molecule has 0 aromatic heterocycles. The molecule has 1 unspecified atom stereocenters. The number of amides is 1. The third kappa shape index (κ3) is 2.19. The number of fused-ring (bicyclic) bond motifs is 1. The van der Waals surface area contributed by atoms with Crippen LogP contribution in [0.1, 0.15) is 11.6 Å². The molecule has 18 heavy (non-hydrogen) atoms. The van der Waals surface area contributed by atoms with Crippen LogP contribution in [-0.4, -0.2) is 44.1 Å². The van der Waals surface area contributed by atoms with Gasteiger partial charge in [-0.1, -0.05) is 6.07 Å². The average Bonchev–Trinajstić information content (AvgIpc) is 2.38. The zero-order valence-electron chi connectivity index (χ0n) is 10.4. The van der Waals surface area contributed by atoms with Crippen molar-refractivity contribution < 1.29 is 9.53 Å². The lowest BCUT2D eigenvalue weighted by Crippen LogP contribution is -2.43. The molecule has 1 atom stereocenters. The number of hydrogen-bond donors (Lipinski definition) is 2. The monoisotopic (exact) mass is 247 g/mol. The van der Waals surface area contributed by atoms with Crippen molar-refractivity contribution in [3.05, 3.63) is 23.8 Å². The van der Waals surface area contributed by atoms with Crippen molar-refractivity contribution in [1.29, 1.82) is 0 Å². The lowest BCUT2D eigenvalue weighted by molar-refractivity contribution is -0.118. The first-order chi connectivity index (χ1) is 8.72. The van der Waals surface area contributed by atoms with Gasteiger partial charge in [-0.15, -0.1) is 0 Å². The van der Waals surface area contributed by atoms with E-state index in [0.717, 1.165) is 31.1 Å². The minimum Gasteiger partial charge on any atom is -0.482 e. The molecule has 0 bridgehead atoms. The summed E-state index contributed by atoms with van der Waals surface area (Å²) in [6.45, 7) is 3.17. The molecule has 1 amide bonds. The Labute approximate surface area is 106 Å². The Morgan fingerprint density at radius 3 is 3.17 bits per heavy atom. The number of anilines is 1. The molecule has 2 aliphatic rings. The SMILES string of the molecule is CN1CCNC(c2ccc3c(c2)OCC(=O)N3)C1. The summed E-state index contributed by atoms with van der Waals surface area (Å²) < 4.78 is 5.44. The van der Waals surface area contributed by atoms with Gasteiger partial charge in [0.25, 0.3) is 5.91 Å². The van der Waals surface area contributed by atoms with Crippen LogP contribution >= 0.6 is 0 Å². The number of ether oxygens (including phenoxy) is 1.